The van der Waals surface area contributed by atoms with Gasteiger partial charge in [0.25, 0.3) is 0 Å². The summed E-state index contributed by atoms with van der Waals surface area (Å²) in [5, 5.41) is 3.67. The van der Waals surface area contributed by atoms with Crippen LogP contribution in [0.15, 0.2) is 18.2 Å². The summed E-state index contributed by atoms with van der Waals surface area (Å²) in [6.45, 7) is 9.99. The smallest absolute Gasteiger partial charge is 0.0292 e. The summed E-state index contributed by atoms with van der Waals surface area (Å²) < 4.78 is 0. The van der Waals surface area contributed by atoms with Gasteiger partial charge in [-0.1, -0.05) is 18.2 Å². The molecule has 1 aliphatic rings. The maximum atomic E-state index is 3.67. The molecule has 0 saturated heterocycles. The molecule has 0 aromatic heterocycles. The lowest BCUT2D eigenvalue weighted by molar-refractivity contribution is 0.237. The molecule has 0 radical (unpaired) electrons. The highest BCUT2D eigenvalue weighted by molar-refractivity contribution is 5.31. The highest BCUT2D eigenvalue weighted by Crippen LogP contribution is 2.27. The predicted octanol–water partition coefficient (Wildman–Crippen LogP) is 3.44. The summed E-state index contributed by atoms with van der Waals surface area (Å²) in [7, 11) is 2.25. The van der Waals surface area contributed by atoms with Crippen molar-refractivity contribution in [2.75, 3.05) is 13.6 Å². The van der Waals surface area contributed by atoms with E-state index in [2.05, 4.69) is 63.2 Å². The Morgan fingerprint density at radius 3 is 2.47 bits per heavy atom. The van der Waals surface area contributed by atoms with Gasteiger partial charge in [-0.05, 0) is 64.3 Å². The number of hydrogen-bond acceptors (Lipinski definition) is 2. The van der Waals surface area contributed by atoms with Gasteiger partial charge < -0.3 is 5.32 Å². The van der Waals surface area contributed by atoms with Crippen LogP contribution >= 0.6 is 0 Å². The molecule has 0 amide bonds. The second-order valence-corrected chi connectivity index (χ2v) is 6.22. The highest BCUT2D eigenvalue weighted by atomic mass is 15.2. The Hall–Kier alpha value is -0.860. The molecule has 1 aromatic carbocycles. The van der Waals surface area contributed by atoms with Crippen molar-refractivity contribution < 1.29 is 0 Å². The maximum Gasteiger partial charge on any atom is 0.0292 e. The fourth-order valence-electron chi connectivity index (χ4n) is 2.48. The lowest BCUT2D eigenvalue weighted by Gasteiger charge is -2.26. The minimum atomic E-state index is 0.425. The molecule has 2 heteroatoms. The molecule has 1 saturated carbocycles. The highest BCUT2D eigenvalue weighted by Gasteiger charge is 2.28. The van der Waals surface area contributed by atoms with Crippen LogP contribution in [0.3, 0.4) is 0 Å². The van der Waals surface area contributed by atoms with E-state index in [9.17, 15) is 0 Å². The maximum absolute atomic E-state index is 3.67. The molecule has 19 heavy (non-hydrogen) atoms. The van der Waals surface area contributed by atoms with Crippen molar-refractivity contribution in [2.24, 2.45) is 0 Å². The van der Waals surface area contributed by atoms with Crippen LogP contribution in [0.1, 0.15) is 49.4 Å². The van der Waals surface area contributed by atoms with E-state index in [0.717, 1.165) is 12.6 Å². The van der Waals surface area contributed by atoms with E-state index in [4.69, 9.17) is 0 Å². The summed E-state index contributed by atoms with van der Waals surface area (Å²) >= 11 is 0. The van der Waals surface area contributed by atoms with Gasteiger partial charge >= 0.3 is 0 Å². The van der Waals surface area contributed by atoms with Gasteiger partial charge in [-0.2, -0.15) is 0 Å². The molecule has 1 aliphatic carbocycles. The van der Waals surface area contributed by atoms with Crippen LogP contribution in [-0.2, 0) is 0 Å². The summed E-state index contributed by atoms with van der Waals surface area (Å²) in [5.41, 5.74) is 4.15. The third kappa shape index (κ3) is 3.80. The SMILES string of the molecule is Cc1ccc(C(C)NCC(C)N(C)C2CC2)cc1C. The van der Waals surface area contributed by atoms with Crippen LogP contribution < -0.4 is 5.32 Å². The monoisotopic (exact) mass is 260 g/mol. The van der Waals surface area contributed by atoms with E-state index in [1.54, 1.807) is 0 Å². The summed E-state index contributed by atoms with van der Waals surface area (Å²) in [4.78, 5) is 2.51. The van der Waals surface area contributed by atoms with Gasteiger partial charge in [-0.25, -0.2) is 0 Å². The largest absolute Gasteiger partial charge is 0.309 e. The fourth-order valence-corrected chi connectivity index (χ4v) is 2.48. The zero-order valence-corrected chi connectivity index (χ0v) is 13.0. The van der Waals surface area contributed by atoms with Gasteiger partial charge in [0.2, 0.25) is 0 Å². The molecule has 0 spiro atoms. The Bertz CT molecular complexity index is 423. The molecule has 0 heterocycles. The molecule has 2 atom stereocenters. The van der Waals surface area contributed by atoms with Crippen molar-refractivity contribution in [2.45, 2.75) is 58.7 Å². The standard InChI is InChI=1S/C17H28N2/c1-12-6-7-16(10-13(12)2)15(4)18-11-14(3)19(5)17-8-9-17/h6-7,10,14-15,17-18H,8-9,11H2,1-5H3. The number of aryl methyl sites for hydroxylation is 2. The molecular formula is C17H28N2. The lowest BCUT2D eigenvalue weighted by Crippen LogP contribution is -2.39. The van der Waals surface area contributed by atoms with Crippen molar-refractivity contribution in [3.8, 4) is 0 Å². The third-order valence-electron chi connectivity index (χ3n) is 4.57. The Kier molecular flexibility index (Phi) is 4.64. The summed E-state index contributed by atoms with van der Waals surface area (Å²) in [5.74, 6) is 0. The molecule has 2 unspecified atom stereocenters. The third-order valence-corrected chi connectivity index (χ3v) is 4.57. The minimum absolute atomic E-state index is 0.425. The van der Waals surface area contributed by atoms with Crippen LogP contribution in [0.5, 0.6) is 0 Å². The molecule has 1 aromatic rings. The zero-order chi connectivity index (χ0) is 14.0. The van der Waals surface area contributed by atoms with Crippen molar-refractivity contribution in [1.29, 1.82) is 0 Å². The van der Waals surface area contributed by atoms with Crippen LogP contribution in [0.4, 0.5) is 0 Å². The van der Waals surface area contributed by atoms with E-state index in [0.29, 0.717) is 12.1 Å². The molecule has 0 bridgehead atoms. The molecular weight excluding hydrogens is 232 g/mol. The Balaban J connectivity index is 1.86. The first-order chi connectivity index (χ1) is 8.99. The van der Waals surface area contributed by atoms with E-state index in [-0.39, 0.29) is 0 Å². The topological polar surface area (TPSA) is 15.3 Å². The van der Waals surface area contributed by atoms with Gasteiger partial charge in [-0.15, -0.1) is 0 Å². The van der Waals surface area contributed by atoms with Crippen LogP contribution in [0.25, 0.3) is 0 Å². The Morgan fingerprint density at radius 1 is 1.21 bits per heavy atom. The molecule has 2 rings (SSSR count). The molecule has 2 nitrogen and oxygen atoms in total. The van der Waals surface area contributed by atoms with Crippen molar-refractivity contribution in [3.63, 3.8) is 0 Å². The van der Waals surface area contributed by atoms with Gasteiger partial charge in [0, 0.05) is 24.7 Å². The predicted molar refractivity (Wildman–Crippen MR) is 82.6 cm³/mol. The van der Waals surface area contributed by atoms with E-state index in [1.165, 1.54) is 29.5 Å². The second-order valence-electron chi connectivity index (χ2n) is 6.22. The van der Waals surface area contributed by atoms with E-state index >= 15 is 0 Å². The van der Waals surface area contributed by atoms with E-state index in [1.807, 2.05) is 0 Å². The van der Waals surface area contributed by atoms with Crippen LogP contribution in [0.2, 0.25) is 0 Å². The van der Waals surface area contributed by atoms with Gasteiger partial charge in [-0.3, -0.25) is 4.90 Å². The molecule has 1 fully saturated rings. The zero-order valence-electron chi connectivity index (χ0n) is 13.0. The number of hydrogen-bond donors (Lipinski definition) is 1. The lowest BCUT2D eigenvalue weighted by atomic mass is 10.0. The molecule has 0 aliphatic heterocycles. The summed E-state index contributed by atoms with van der Waals surface area (Å²) in [6.07, 6.45) is 2.76. The molecule has 1 N–H and O–H groups in total. The van der Waals surface area contributed by atoms with Crippen molar-refractivity contribution in [1.82, 2.24) is 10.2 Å². The normalized spacial score (nSPS) is 18.6. The van der Waals surface area contributed by atoms with Crippen molar-refractivity contribution in [3.05, 3.63) is 34.9 Å². The van der Waals surface area contributed by atoms with Gasteiger partial charge in [0.15, 0.2) is 0 Å². The van der Waals surface area contributed by atoms with Gasteiger partial charge in [0.05, 0.1) is 0 Å². The summed E-state index contributed by atoms with van der Waals surface area (Å²) in [6, 6.07) is 8.66. The first-order valence-electron chi connectivity index (χ1n) is 7.51. The first kappa shape index (κ1) is 14.5. The van der Waals surface area contributed by atoms with Crippen LogP contribution in [0, 0.1) is 13.8 Å². The number of benzene rings is 1. The fraction of sp³-hybridized carbons (Fsp3) is 0.647. The van der Waals surface area contributed by atoms with Crippen LogP contribution in [-0.4, -0.2) is 30.6 Å². The second kappa shape index (κ2) is 6.06. The first-order valence-corrected chi connectivity index (χ1v) is 7.51. The number of nitrogens with zero attached hydrogens (tertiary/aromatic N) is 1. The minimum Gasteiger partial charge on any atom is -0.309 e. The van der Waals surface area contributed by atoms with Crippen molar-refractivity contribution >= 4 is 0 Å². The quantitative estimate of drug-likeness (QED) is 0.843. The Labute approximate surface area is 118 Å². The number of nitrogens with one attached hydrogen (secondary N) is 1. The van der Waals surface area contributed by atoms with Gasteiger partial charge in [0.1, 0.15) is 0 Å². The average Bonchev–Trinajstić information content (AvgIpc) is 3.22. The Morgan fingerprint density at radius 2 is 1.89 bits per heavy atom. The number of likely N-dealkylation sites (N-methyl/N-ethyl adjacent to an activating group) is 1. The van der Waals surface area contributed by atoms with E-state index < -0.39 is 0 Å². The number of rotatable bonds is 6. The average molecular weight is 260 g/mol. The molecule has 106 valence electrons.